The average molecular weight is 288 g/mol. The number of benzene rings is 1. The van der Waals surface area contributed by atoms with Gasteiger partial charge in [0, 0.05) is 25.5 Å². The highest BCUT2D eigenvalue weighted by atomic mass is 19.1. The summed E-state index contributed by atoms with van der Waals surface area (Å²) < 4.78 is 15.7. The third-order valence-electron chi connectivity index (χ3n) is 3.69. The van der Waals surface area contributed by atoms with Crippen LogP contribution in [0.5, 0.6) is 0 Å². The molecule has 3 rings (SSSR count). The minimum absolute atomic E-state index is 0.0269. The number of imidazole rings is 1. The Labute approximate surface area is 122 Å². The van der Waals surface area contributed by atoms with Crippen molar-refractivity contribution in [2.75, 3.05) is 13.1 Å². The molecule has 1 aliphatic rings. The number of amides is 1. The van der Waals surface area contributed by atoms with Crippen molar-refractivity contribution in [3.05, 3.63) is 48.3 Å². The van der Waals surface area contributed by atoms with E-state index in [-0.39, 0.29) is 17.6 Å². The normalized spacial score (nSPS) is 17.9. The summed E-state index contributed by atoms with van der Waals surface area (Å²) in [6, 6.07) is 4.95. The largest absolute Gasteiger partial charge is 0.352 e. The number of carbonyl (C=O) groups excluding carboxylic acids is 1. The summed E-state index contributed by atoms with van der Waals surface area (Å²) in [5.74, 6) is -0.276. The van der Waals surface area contributed by atoms with Crippen molar-refractivity contribution in [3.63, 3.8) is 0 Å². The Bertz CT molecular complexity index is 621. The fourth-order valence-corrected chi connectivity index (χ4v) is 2.48. The molecule has 21 heavy (non-hydrogen) atoms. The van der Waals surface area contributed by atoms with Crippen molar-refractivity contribution in [3.8, 4) is 5.69 Å². The van der Waals surface area contributed by atoms with Gasteiger partial charge < -0.3 is 15.2 Å². The molecule has 1 fully saturated rings. The van der Waals surface area contributed by atoms with E-state index in [0.717, 1.165) is 25.1 Å². The molecule has 0 spiro atoms. The van der Waals surface area contributed by atoms with E-state index in [2.05, 4.69) is 15.6 Å². The van der Waals surface area contributed by atoms with Gasteiger partial charge in [-0.3, -0.25) is 4.79 Å². The van der Waals surface area contributed by atoms with Crippen LogP contribution in [-0.2, 0) is 11.3 Å². The lowest BCUT2D eigenvalue weighted by molar-refractivity contribution is -0.124. The smallest absolute Gasteiger partial charge is 0.224 e. The first kappa shape index (κ1) is 13.8. The zero-order chi connectivity index (χ0) is 14.7. The molecule has 1 unspecified atom stereocenters. The number of aromatic nitrogens is 2. The first-order valence-corrected chi connectivity index (χ1v) is 6.99. The molecule has 1 aromatic heterocycles. The van der Waals surface area contributed by atoms with Crippen LogP contribution in [0, 0.1) is 11.7 Å². The van der Waals surface area contributed by atoms with Crippen LogP contribution in [0.25, 0.3) is 5.69 Å². The molecule has 0 radical (unpaired) electrons. The van der Waals surface area contributed by atoms with Gasteiger partial charge in [0.1, 0.15) is 5.82 Å². The molecular weight excluding hydrogens is 271 g/mol. The lowest BCUT2D eigenvalue weighted by Crippen LogP contribution is -2.31. The SMILES string of the molecule is O=C(NCc1ccc(-n2ccnc2)c(F)c1)C1CCNC1. The van der Waals surface area contributed by atoms with Gasteiger partial charge >= 0.3 is 0 Å². The highest BCUT2D eigenvalue weighted by molar-refractivity contribution is 5.79. The molecule has 1 saturated heterocycles. The van der Waals surface area contributed by atoms with E-state index in [0.29, 0.717) is 12.2 Å². The van der Waals surface area contributed by atoms with Gasteiger partial charge in [0.05, 0.1) is 17.9 Å². The Kier molecular flexibility index (Phi) is 3.96. The van der Waals surface area contributed by atoms with Gasteiger partial charge in [-0.2, -0.15) is 0 Å². The van der Waals surface area contributed by atoms with Gasteiger partial charge in [-0.05, 0) is 30.7 Å². The van der Waals surface area contributed by atoms with E-state index < -0.39 is 0 Å². The van der Waals surface area contributed by atoms with Crippen molar-refractivity contribution < 1.29 is 9.18 Å². The van der Waals surface area contributed by atoms with Crippen molar-refractivity contribution in [2.24, 2.45) is 5.92 Å². The molecule has 1 amide bonds. The first-order valence-electron chi connectivity index (χ1n) is 6.99. The summed E-state index contributed by atoms with van der Waals surface area (Å²) in [5.41, 5.74) is 1.19. The van der Waals surface area contributed by atoms with Crippen LogP contribution in [0.3, 0.4) is 0 Å². The van der Waals surface area contributed by atoms with Crippen LogP contribution in [0.1, 0.15) is 12.0 Å². The van der Waals surface area contributed by atoms with Crippen molar-refractivity contribution >= 4 is 5.91 Å². The number of carbonyl (C=O) groups is 1. The molecule has 0 saturated carbocycles. The van der Waals surface area contributed by atoms with Gasteiger partial charge in [-0.15, -0.1) is 0 Å². The highest BCUT2D eigenvalue weighted by Crippen LogP contribution is 2.15. The summed E-state index contributed by atoms with van der Waals surface area (Å²) in [5, 5.41) is 6.01. The maximum atomic E-state index is 14.1. The molecule has 1 atom stereocenters. The van der Waals surface area contributed by atoms with E-state index in [1.165, 1.54) is 6.07 Å². The number of nitrogens with zero attached hydrogens (tertiary/aromatic N) is 2. The molecule has 2 aromatic rings. The third kappa shape index (κ3) is 3.11. The van der Waals surface area contributed by atoms with Crippen LogP contribution in [0.2, 0.25) is 0 Å². The summed E-state index contributed by atoms with van der Waals surface area (Å²) in [4.78, 5) is 15.8. The van der Waals surface area contributed by atoms with E-state index >= 15 is 0 Å². The minimum Gasteiger partial charge on any atom is -0.352 e. The van der Waals surface area contributed by atoms with Gasteiger partial charge in [0.15, 0.2) is 0 Å². The Morgan fingerprint density at radius 1 is 1.52 bits per heavy atom. The van der Waals surface area contributed by atoms with Crippen LogP contribution in [-0.4, -0.2) is 28.5 Å². The first-order chi connectivity index (χ1) is 10.2. The maximum Gasteiger partial charge on any atom is 0.224 e. The quantitative estimate of drug-likeness (QED) is 0.890. The standard InChI is InChI=1S/C15H17FN4O/c16-13-7-11(1-2-14(13)20-6-5-18-10-20)8-19-15(21)12-3-4-17-9-12/h1-2,5-7,10,12,17H,3-4,8-9H2,(H,19,21). The Hall–Kier alpha value is -2.21. The number of rotatable bonds is 4. The molecule has 110 valence electrons. The fourth-order valence-electron chi connectivity index (χ4n) is 2.48. The van der Waals surface area contributed by atoms with Crippen molar-refractivity contribution in [1.29, 1.82) is 0 Å². The maximum absolute atomic E-state index is 14.1. The lowest BCUT2D eigenvalue weighted by Gasteiger charge is -2.11. The summed E-state index contributed by atoms with van der Waals surface area (Å²) in [6.07, 6.45) is 5.70. The van der Waals surface area contributed by atoms with Crippen LogP contribution in [0.15, 0.2) is 36.9 Å². The molecule has 1 aliphatic heterocycles. The van der Waals surface area contributed by atoms with Crippen LogP contribution < -0.4 is 10.6 Å². The van der Waals surface area contributed by atoms with Crippen LogP contribution >= 0.6 is 0 Å². The highest BCUT2D eigenvalue weighted by Gasteiger charge is 2.21. The molecule has 2 N–H and O–H groups in total. The summed E-state index contributed by atoms with van der Waals surface area (Å²) in [7, 11) is 0. The molecular formula is C15H17FN4O. The van der Waals surface area contributed by atoms with Gasteiger partial charge in [0.2, 0.25) is 5.91 Å². The summed E-state index contributed by atoms with van der Waals surface area (Å²) in [6.45, 7) is 1.95. The lowest BCUT2D eigenvalue weighted by atomic mass is 10.1. The zero-order valence-electron chi connectivity index (χ0n) is 11.6. The average Bonchev–Trinajstić information content (AvgIpc) is 3.17. The number of nitrogens with one attached hydrogen (secondary N) is 2. The van der Waals surface area contributed by atoms with Gasteiger partial charge in [-0.1, -0.05) is 6.07 Å². The Balaban J connectivity index is 1.64. The third-order valence-corrected chi connectivity index (χ3v) is 3.69. The number of hydrogen-bond acceptors (Lipinski definition) is 3. The molecule has 6 heteroatoms. The molecule has 1 aromatic carbocycles. The Morgan fingerprint density at radius 2 is 2.43 bits per heavy atom. The second kappa shape index (κ2) is 6.05. The molecule has 0 bridgehead atoms. The zero-order valence-corrected chi connectivity index (χ0v) is 11.6. The molecule has 2 heterocycles. The van der Waals surface area contributed by atoms with E-state index in [4.69, 9.17) is 0 Å². The molecule has 5 nitrogen and oxygen atoms in total. The van der Waals surface area contributed by atoms with E-state index in [1.54, 1.807) is 29.4 Å². The predicted octanol–water partition coefficient (Wildman–Crippen LogP) is 1.24. The summed E-state index contributed by atoms with van der Waals surface area (Å²) >= 11 is 0. The van der Waals surface area contributed by atoms with Crippen molar-refractivity contribution in [2.45, 2.75) is 13.0 Å². The fraction of sp³-hybridized carbons (Fsp3) is 0.333. The number of hydrogen-bond donors (Lipinski definition) is 2. The number of halogens is 1. The van der Waals surface area contributed by atoms with Gasteiger partial charge in [0.25, 0.3) is 0 Å². The van der Waals surface area contributed by atoms with Crippen LogP contribution in [0.4, 0.5) is 4.39 Å². The topological polar surface area (TPSA) is 59.0 Å². The Morgan fingerprint density at radius 3 is 3.10 bits per heavy atom. The van der Waals surface area contributed by atoms with Crippen molar-refractivity contribution in [1.82, 2.24) is 20.2 Å². The van der Waals surface area contributed by atoms with E-state index in [9.17, 15) is 9.18 Å². The van der Waals surface area contributed by atoms with Gasteiger partial charge in [-0.25, -0.2) is 9.37 Å². The minimum atomic E-state index is -0.331. The van der Waals surface area contributed by atoms with E-state index in [1.807, 2.05) is 6.07 Å². The molecule has 0 aliphatic carbocycles. The predicted molar refractivity (Wildman–Crippen MR) is 76.3 cm³/mol. The monoisotopic (exact) mass is 288 g/mol. The second-order valence-corrected chi connectivity index (χ2v) is 5.16. The second-order valence-electron chi connectivity index (χ2n) is 5.16.